The number of pyridine rings is 1. The van der Waals surface area contributed by atoms with E-state index in [-0.39, 0.29) is 22.8 Å². The summed E-state index contributed by atoms with van der Waals surface area (Å²) in [5.74, 6) is 0.130. The van der Waals surface area contributed by atoms with E-state index in [4.69, 9.17) is 0 Å². The van der Waals surface area contributed by atoms with Crippen molar-refractivity contribution in [1.29, 1.82) is 0 Å². The number of carbonyl (C=O) groups excluding carboxylic acids is 1. The van der Waals surface area contributed by atoms with Gasteiger partial charge in [-0.15, -0.1) is 0 Å². The molecule has 4 aromatic rings. The molecule has 4 heteroatoms. The number of benzene rings is 2. The number of para-hydroxylation sites is 1. The molecule has 0 atom stereocenters. The average Bonchev–Trinajstić information content (AvgIpc) is 3.01. The number of aryl methyl sites for hydroxylation is 1. The van der Waals surface area contributed by atoms with Gasteiger partial charge in [-0.2, -0.15) is 4.57 Å². The molecule has 2 aromatic heterocycles. The summed E-state index contributed by atoms with van der Waals surface area (Å²) in [6.07, 6.45) is 2.90. The minimum atomic E-state index is 0. The van der Waals surface area contributed by atoms with E-state index in [0.29, 0.717) is 6.54 Å². The van der Waals surface area contributed by atoms with Crippen LogP contribution in [0, 0.1) is 0 Å². The Morgan fingerprint density at radius 3 is 2.44 bits per heavy atom. The zero-order valence-electron chi connectivity index (χ0n) is 14.0. The van der Waals surface area contributed by atoms with Crippen molar-refractivity contribution in [2.75, 3.05) is 0 Å². The molecule has 0 aliphatic carbocycles. The highest BCUT2D eigenvalue weighted by Crippen LogP contribution is 2.26. The van der Waals surface area contributed by atoms with Crippen molar-refractivity contribution in [2.24, 2.45) is 0 Å². The Labute approximate surface area is 157 Å². The number of rotatable bonds is 4. The van der Waals surface area contributed by atoms with Gasteiger partial charge in [-0.3, -0.25) is 4.79 Å². The van der Waals surface area contributed by atoms with Crippen molar-refractivity contribution >= 4 is 27.6 Å². The lowest BCUT2D eigenvalue weighted by Gasteiger charge is -2.04. The molecule has 0 spiro atoms. The normalized spacial score (nSPS) is 10.8. The van der Waals surface area contributed by atoms with Crippen LogP contribution in [0.1, 0.15) is 23.0 Å². The lowest BCUT2D eigenvalue weighted by atomic mass is 10.1. The Morgan fingerprint density at radius 2 is 1.68 bits per heavy atom. The highest BCUT2D eigenvalue weighted by Gasteiger charge is 2.20. The summed E-state index contributed by atoms with van der Waals surface area (Å²) < 4.78 is 2.06. The monoisotopic (exact) mass is 394 g/mol. The molecule has 0 saturated heterocycles. The maximum absolute atomic E-state index is 12.6. The number of fused-ring (bicyclic) bond motifs is 3. The molecule has 0 amide bonds. The van der Waals surface area contributed by atoms with Gasteiger partial charge >= 0.3 is 0 Å². The second-order valence-corrected chi connectivity index (χ2v) is 5.99. The maximum atomic E-state index is 12.6. The summed E-state index contributed by atoms with van der Waals surface area (Å²) in [4.78, 5) is 16.1. The molecule has 0 saturated carbocycles. The maximum Gasteiger partial charge on any atom is 0.227 e. The van der Waals surface area contributed by atoms with Gasteiger partial charge in [0.15, 0.2) is 6.20 Å². The van der Waals surface area contributed by atoms with Gasteiger partial charge in [0, 0.05) is 34.3 Å². The van der Waals surface area contributed by atoms with Gasteiger partial charge in [-0.25, -0.2) is 0 Å². The van der Waals surface area contributed by atoms with E-state index in [1.807, 2.05) is 42.6 Å². The van der Waals surface area contributed by atoms with Gasteiger partial charge in [0.2, 0.25) is 18.0 Å². The number of carbonyl (C=O) groups is 1. The number of aromatic amines is 1. The van der Waals surface area contributed by atoms with E-state index >= 15 is 0 Å². The van der Waals surface area contributed by atoms with Crippen LogP contribution in [0.4, 0.5) is 0 Å². The number of Topliss-reactive ketones (excluding diaryl/α,β-unsaturated/α-hetero) is 1. The number of nitrogens with zero attached hydrogens (tertiary/aromatic N) is 1. The van der Waals surface area contributed by atoms with Gasteiger partial charge in [0.25, 0.3) is 0 Å². The highest BCUT2D eigenvalue weighted by molar-refractivity contribution is 6.07. The summed E-state index contributed by atoms with van der Waals surface area (Å²) in [6.45, 7) is 2.49. The van der Waals surface area contributed by atoms with Crippen molar-refractivity contribution in [3.8, 4) is 0 Å². The lowest BCUT2D eigenvalue weighted by molar-refractivity contribution is -0.689. The molecular weight excluding hydrogens is 376 g/mol. The van der Waals surface area contributed by atoms with Crippen molar-refractivity contribution < 1.29 is 26.3 Å². The Kier molecular flexibility index (Phi) is 5.00. The van der Waals surface area contributed by atoms with E-state index in [9.17, 15) is 4.79 Å². The number of H-pyrrole nitrogens is 1. The van der Waals surface area contributed by atoms with Crippen LogP contribution < -0.4 is 21.5 Å². The first-order valence-electron chi connectivity index (χ1n) is 8.28. The third-order valence-electron chi connectivity index (χ3n) is 4.55. The molecule has 0 aliphatic heterocycles. The first-order valence-corrected chi connectivity index (χ1v) is 8.28. The molecule has 2 heterocycles. The summed E-state index contributed by atoms with van der Waals surface area (Å²) in [7, 11) is 0. The zero-order chi connectivity index (χ0) is 16.5. The van der Waals surface area contributed by atoms with Crippen molar-refractivity contribution in [2.45, 2.75) is 19.9 Å². The second-order valence-electron chi connectivity index (χ2n) is 5.99. The fourth-order valence-electron chi connectivity index (χ4n) is 3.36. The van der Waals surface area contributed by atoms with Gasteiger partial charge in [0.1, 0.15) is 5.52 Å². The minimum Gasteiger partial charge on any atom is -1.00 e. The van der Waals surface area contributed by atoms with Crippen molar-refractivity contribution in [3.63, 3.8) is 0 Å². The number of hydrogen-bond acceptors (Lipinski definition) is 1. The highest BCUT2D eigenvalue weighted by atomic mass is 79.9. The second kappa shape index (κ2) is 7.19. The van der Waals surface area contributed by atoms with Crippen molar-refractivity contribution in [3.05, 3.63) is 78.1 Å². The SMILES string of the molecule is CCc1c2[nH]c3ccccc3c2cc[n+]1CC(=O)c1ccccc1.[Br-]. The molecule has 0 unspecified atom stereocenters. The van der Waals surface area contributed by atoms with Crippen LogP contribution in [0.15, 0.2) is 66.9 Å². The van der Waals surface area contributed by atoms with Crippen LogP contribution in [-0.4, -0.2) is 10.8 Å². The Balaban J connectivity index is 0.00000182. The fourth-order valence-corrected chi connectivity index (χ4v) is 3.36. The fraction of sp³-hybridized carbons (Fsp3) is 0.143. The summed E-state index contributed by atoms with van der Waals surface area (Å²) >= 11 is 0. The largest absolute Gasteiger partial charge is 1.00 e. The standard InChI is InChI=1S/C21H18N2O.BrH/c1-2-19-21-17(16-10-6-7-11-18(16)22-21)12-13-23(19)14-20(24)15-8-4-3-5-9-15;/h3-13H,2,14H2,1H3;1H. The third kappa shape index (κ3) is 3.10. The molecule has 0 aliphatic rings. The number of hydrogen-bond donors (Lipinski definition) is 1. The summed E-state index contributed by atoms with van der Waals surface area (Å²) in [5.41, 5.74) is 4.17. The van der Waals surface area contributed by atoms with E-state index in [1.54, 1.807) is 0 Å². The lowest BCUT2D eigenvalue weighted by Crippen LogP contribution is -3.00. The molecule has 0 bridgehead atoms. The van der Waals surface area contributed by atoms with Crippen LogP contribution in [0.5, 0.6) is 0 Å². The van der Waals surface area contributed by atoms with Gasteiger partial charge in [0.05, 0.1) is 0 Å². The van der Waals surface area contributed by atoms with Gasteiger partial charge < -0.3 is 22.0 Å². The number of halogens is 1. The van der Waals surface area contributed by atoms with E-state index in [0.717, 1.165) is 28.7 Å². The van der Waals surface area contributed by atoms with Crippen LogP contribution in [0.2, 0.25) is 0 Å². The molecule has 25 heavy (non-hydrogen) atoms. The molecule has 126 valence electrons. The summed E-state index contributed by atoms with van der Waals surface area (Å²) in [5, 5.41) is 2.44. The molecule has 0 radical (unpaired) electrons. The van der Waals surface area contributed by atoms with E-state index in [2.05, 4.69) is 40.7 Å². The first-order chi connectivity index (χ1) is 11.8. The van der Waals surface area contributed by atoms with Gasteiger partial charge in [-0.05, 0) is 6.07 Å². The summed E-state index contributed by atoms with van der Waals surface area (Å²) in [6, 6.07) is 19.9. The van der Waals surface area contributed by atoms with E-state index < -0.39 is 0 Å². The molecule has 0 fully saturated rings. The van der Waals surface area contributed by atoms with Gasteiger partial charge in [-0.1, -0.05) is 55.5 Å². The average molecular weight is 395 g/mol. The molecular formula is C21H19BrN2O. The number of ketones is 1. The Morgan fingerprint density at radius 1 is 0.960 bits per heavy atom. The number of nitrogens with one attached hydrogen (secondary N) is 1. The molecule has 4 rings (SSSR count). The third-order valence-corrected chi connectivity index (χ3v) is 4.55. The zero-order valence-corrected chi connectivity index (χ0v) is 15.6. The van der Waals surface area contributed by atoms with Crippen LogP contribution in [-0.2, 0) is 13.0 Å². The topological polar surface area (TPSA) is 36.7 Å². The number of aromatic nitrogens is 2. The quantitative estimate of drug-likeness (QED) is 0.407. The molecule has 3 nitrogen and oxygen atoms in total. The smallest absolute Gasteiger partial charge is 0.227 e. The Hall–Kier alpha value is -2.46. The van der Waals surface area contributed by atoms with Crippen LogP contribution in [0.25, 0.3) is 21.8 Å². The van der Waals surface area contributed by atoms with Crippen molar-refractivity contribution in [1.82, 2.24) is 4.98 Å². The first kappa shape index (κ1) is 17.4. The molecule has 1 N–H and O–H groups in total. The predicted octanol–water partition coefficient (Wildman–Crippen LogP) is 1.06. The van der Waals surface area contributed by atoms with E-state index in [1.165, 1.54) is 10.8 Å². The van der Waals surface area contributed by atoms with Crippen LogP contribution in [0.3, 0.4) is 0 Å². The Bertz CT molecular complexity index is 1040. The minimum absolute atomic E-state index is 0. The van der Waals surface area contributed by atoms with Crippen LogP contribution >= 0.6 is 0 Å². The predicted molar refractivity (Wildman–Crippen MR) is 96.2 cm³/mol. The molecule has 2 aromatic carbocycles.